The molecule has 0 heterocycles. The second-order valence-electron chi connectivity index (χ2n) is 7.47. The molecule has 0 heteroatoms. The number of allylic oxidation sites excluding steroid dienone is 8. The van der Waals surface area contributed by atoms with Crippen LogP contribution in [0.3, 0.4) is 0 Å². The van der Waals surface area contributed by atoms with Crippen molar-refractivity contribution in [1.82, 2.24) is 0 Å². The highest BCUT2D eigenvalue weighted by Gasteiger charge is 2.41. The van der Waals surface area contributed by atoms with Crippen molar-refractivity contribution in [2.24, 2.45) is 5.41 Å². The van der Waals surface area contributed by atoms with Crippen molar-refractivity contribution in [2.75, 3.05) is 0 Å². The Balaban J connectivity index is 0. The summed E-state index contributed by atoms with van der Waals surface area (Å²) in [6, 6.07) is 0. The van der Waals surface area contributed by atoms with Gasteiger partial charge in [-0.2, -0.15) is 0 Å². The van der Waals surface area contributed by atoms with Gasteiger partial charge >= 0.3 is 0 Å². The topological polar surface area (TPSA) is 0 Å². The van der Waals surface area contributed by atoms with Crippen molar-refractivity contribution in [3.63, 3.8) is 0 Å². The summed E-state index contributed by atoms with van der Waals surface area (Å²) in [6.07, 6.45) is 12.5. The van der Waals surface area contributed by atoms with Crippen LogP contribution in [0.5, 0.6) is 0 Å². The first-order valence-corrected chi connectivity index (χ1v) is 11.5. The third-order valence-electron chi connectivity index (χ3n) is 5.78. The van der Waals surface area contributed by atoms with Crippen LogP contribution in [0.1, 0.15) is 122 Å². The summed E-state index contributed by atoms with van der Waals surface area (Å²) in [7, 11) is 0. The lowest BCUT2D eigenvalue weighted by molar-refractivity contribution is 0.291. The van der Waals surface area contributed by atoms with Gasteiger partial charge in [-0.15, -0.1) is 0 Å². The van der Waals surface area contributed by atoms with Gasteiger partial charge in [-0.25, -0.2) is 0 Å². The van der Waals surface area contributed by atoms with E-state index < -0.39 is 0 Å². The van der Waals surface area contributed by atoms with Gasteiger partial charge < -0.3 is 0 Å². The summed E-state index contributed by atoms with van der Waals surface area (Å²) in [5.74, 6) is 0. The van der Waals surface area contributed by atoms with E-state index in [1.54, 1.807) is 16.7 Å². The molecule has 0 amide bonds. The van der Waals surface area contributed by atoms with Gasteiger partial charge in [0.15, 0.2) is 0 Å². The van der Waals surface area contributed by atoms with Crippen molar-refractivity contribution >= 4 is 0 Å². The lowest BCUT2D eigenvalue weighted by atomic mass is 9.59. The first-order chi connectivity index (χ1) is 12.9. The molecule has 1 fully saturated rings. The largest absolute Gasteiger partial charge is 0.0844 e. The fourth-order valence-electron chi connectivity index (χ4n) is 4.62. The van der Waals surface area contributed by atoms with E-state index in [1.165, 1.54) is 48.8 Å². The van der Waals surface area contributed by atoms with Gasteiger partial charge in [-0.05, 0) is 78.9 Å². The Morgan fingerprint density at radius 3 is 1.44 bits per heavy atom. The maximum atomic E-state index is 2.35. The predicted molar refractivity (Wildman–Crippen MR) is 128 cm³/mol. The maximum absolute atomic E-state index is 2.35. The summed E-state index contributed by atoms with van der Waals surface area (Å²) in [4.78, 5) is 0. The number of hydrogen-bond donors (Lipinski definition) is 0. The number of hydrogen-bond acceptors (Lipinski definition) is 0. The van der Waals surface area contributed by atoms with Crippen LogP contribution in [0, 0.1) is 5.41 Å². The van der Waals surface area contributed by atoms with Gasteiger partial charge in [0.25, 0.3) is 0 Å². The molecule has 1 aliphatic rings. The Bertz CT molecular complexity index is 524. The highest BCUT2D eigenvalue weighted by Crippen LogP contribution is 2.54. The van der Waals surface area contributed by atoms with Crippen molar-refractivity contribution in [1.29, 1.82) is 0 Å². The average molecular weight is 375 g/mol. The van der Waals surface area contributed by atoms with E-state index >= 15 is 0 Å². The predicted octanol–water partition coefficient (Wildman–Crippen LogP) is 9.98. The highest BCUT2D eigenvalue weighted by atomic mass is 14.4. The average Bonchev–Trinajstić information content (AvgIpc) is 2.71. The Hall–Kier alpha value is -1.04. The van der Waals surface area contributed by atoms with E-state index in [9.17, 15) is 0 Å². The summed E-state index contributed by atoms with van der Waals surface area (Å²) < 4.78 is 0. The third-order valence-corrected chi connectivity index (χ3v) is 5.78. The first kappa shape index (κ1) is 28.2. The normalized spacial score (nSPS) is 17.6. The molecular weight excluding hydrogens is 324 g/mol. The SMILES string of the molecule is C/C=C(/C)C(=C(C)C)C1(C(/C(C)=C\C)=C(\C)CC)CCCCC1.CC.CC. The standard InChI is InChI=1S/C23H38.2C2H6/c1-9-18(6)21(17(4)5)23(15-13-12-14-16-23)22(19(7)10-2)20(8)11-3;2*1-2/h9-10H,11-16H2,1-8H3;2*1-2H3/b18-9-,19-10-,22-20+;;. The minimum Gasteiger partial charge on any atom is -0.0844 e. The zero-order chi connectivity index (χ0) is 21.6. The van der Waals surface area contributed by atoms with Crippen LogP contribution >= 0.6 is 0 Å². The third kappa shape index (κ3) is 7.13. The Morgan fingerprint density at radius 1 is 0.704 bits per heavy atom. The van der Waals surface area contributed by atoms with Gasteiger partial charge in [0.2, 0.25) is 0 Å². The van der Waals surface area contributed by atoms with Crippen LogP contribution < -0.4 is 0 Å². The van der Waals surface area contributed by atoms with Gasteiger partial charge in [-0.1, -0.05) is 88.3 Å². The molecule has 0 nitrogen and oxygen atoms in total. The van der Waals surface area contributed by atoms with Crippen LogP contribution in [-0.2, 0) is 0 Å². The summed E-state index contributed by atoms with van der Waals surface area (Å²) in [6.45, 7) is 26.3. The lowest BCUT2D eigenvalue weighted by Crippen LogP contribution is -2.32. The smallest absolute Gasteiger partial charge is 0.0206 e. The van der Waals surface area contributed by atoms with Crippen LogP contribution in [0.2, 0.25) is 0 Å². The molecule has 0 aromatic carbocycles. The minimum absolute atomic E-state index is 0.227. The van der Waals surface area contributed by atoms with Crippen LogP contribution in [0.25, 0.3) is 0 Å². The molecule has 0 aromatic rings. The van der Waals surface area contributed by atoms with Crippen molar-refractivity contribution < 1.29 is 0 Å². The Morgan fingerprint density at radius 2 is 1.11 bits per heavy atom. The zero-order valence-electron chi connectivity index (χ0n) is 20.9. The molecule has 158 valence electrons. The zero-order valence-corrected chi connectivity index (χ0v) is 20.9. The van der Waals surface area contributed by atoms with Gasteiger partial charge in [0.05, 0.1) is 0 Å². The molecule has 0 radical (unpaired) electrons. The monoisotopic (exact) mass is 374 g/mol. The van der Waals surface area contributed by atoms with E-state index in [4.69, 9.17) is 0 Å². The molecular formula is C27H50. The second-order valence-corrected chi connectivity index (χ2v) is 7.47. The molecule has 1 aliphatic carbocycles. The van der Waals surface area contributed by atoms with Crippen LogP contribution in [0.4, 0.5) is 0 Å². The Kier molecular flexibility index (Phi) is 15.6. The summed E-state index contributed by atoms with van der Waals surface area (Å²) in [5.41, 5.74) is 9.50. The minimum atomic E-state index is 0.227. The van der Waals surface area contributed by atoms with Gasteiger partial charge in [0.1, 0.15) is 0 Å². The quantitative estimate of drug-likeness (QED) is 0.420. The number of rotatable bonds is 5. The fraction of sp³-hybridized carbons (Fsp3) is 0.704. The van der Waals surface area contributed by atoms with Gasteiger partial charge in [-0.3, -0.25) is 0 Å². The first-order valence-electron chi connectivity index (χ1n) is 11.5. The molecule has 0 aromatic heterocycles. The van der Waals surface area contributed by atoms with Crippen molar-refractivity contribution in [3.8, 4) is 0 Å². The van der Waals surface area contributed by atoms with Crippen LogP contribution in [-0.4, -0.2) is 0 Å². The van der Waals surface area contributed by atoms with E-state index in [-0.39, 0.29) is 5.41 Å². The van der Waals surface area contributed by atoms with E-state index in [1.807, 2.05) is 27.7 Å². The Labute approximate surface area is 172 Å². The van der Waals surface area contributed by atoms with E-state index in [0.717, 1.165) is 6.42 Å². The highest BCUT2D eigenvalue weighted by molar-refractivity contribution is 5.52. The summed E-state index contributed by atoms with van der Waals surface area (Å²) in [5, 5.41) is 0. The van der Waals surface area contributed by atoms with E-state index in [2.05, 4.69) is 67.5 Å². The molecule has 0 atom stereocenters. The molecule has 0 N–H and O–H groups in total. The van der Waals surface area contributed by atoms with E-state index in [0.29, 0.717) is 0 Å². The second kappa shape index (κ2) is 14.9. The molecule has 0 unspecified atom stereocenters. The molecule has 0 bridgehead atoms. The van der Waals surface area contributed by atoms with Gasteiger partial charge in [0, 0.05) is 5.41 Å². The molecule has 27 heavy (non-hydrogen) atoms. The molecule has 1 rings (SSSR count). The molecule has 0 saturated heterocycles. The molecule has 0 spiro atoms. The fourth-order valence-corrected chi connectivity index (χ4v) is 4.62. The van der Waals surface area contributed by atoms with Crippen molar-refractivity contribution in [2.45, 2.75) is 122 Å². The molecule has 1 saturated carbocycles. The lowest BCUT2D eigenvalue weighted by Gasteiger charge is -2.45. The maximum Gasteiger partial charge on any atom is 0.0206 e. The van der Waals surface area contributed by atoms with Crippen LogP contribution in [0.15, 0.2) is 45.6 Å². The molecule has 0 aliphatic heterocycles. The summed E-state index contributed by atoms with van der Waals surface area (Å²) >= 11 is 0. The van der Waals surface area contributed by atoms with Crippen molar-refractivity contribution in [3.05, 3.63) is 45.6 Å².